The lowest BCUT2D eigenvalue weighted by Crippen LogP contribution is -2.51. The summed E-state index contributed by atoms with van der Waals surface area (Å²) in [6.45, 7) is 0. The summed E-state index contributed by atoms with van der Waals surface area (Å²) in [6.07, 6.45) is 5.15. The maximum Gasteiger partial charge on any atom is 0.328 e. The highest BCUT2D eigenvalue weighted by atomic mass is 16.2. The number of carbonyl (C=O) groups excluding carboxylic acids is 3. The normalized spacial score (nSPS) is 19.2. The summed E-state index contributed by atoms with van der Waals surface area (Å²) in [7, 11) is 0. The van der Waals surface area contributed by atoms with Gasteiger partial charge in [0, 0.05) is 0 Å². The van der Waals surface area contributed by atoms with Crippen molar-refractivity contribution in [2.75, 3.05) is 0 Å². The summed E-state index contributed by atoms with van der Waals surface area (Å²) in [5.74, 6) is -0.732. The van der Waals surface area contributed by atoms with Gasteiger partial charge in [0.05, 0.1) is 0 Å². The first-order valence-corrected chi connectivity index (χ1v) is 6.62. The Balaban J connectivity index is 1.89. The lowest BCUT2D eigenvalue weighted by atomic mass is 9.79. The molecular weight excluding hydrogens is 256 g/mol. The zero-order valence-corrected chi connectivity index (χ0v) is 10.8. The van der Waals surface area contributed by atoms with Crippen LogP contribution in [0.15, 0.2) is 29.8 Å². The van der Waals surface area contributed by atoms with Crippen molar-refractivity contribution in [1.82, 2.24) is 10.6 Å². The van der Waals surface area contributed by atoms with Crippen LogP contribution in [0.1, 0.15) is 36.3 Å². The molecule has 0 spiro atoms. The smallest absolute Gasteiger partial charge is 0.273 e. The van der Waals surface area contributed by atoms with Crippen LogP contribution in [0.3, 0.4) is 0 Å². The average molecular weight is 270 g/mol. The number of hydrogen-bond donors (Lipinski definition) is 2. The van der Waals surface area contributed by atoms with E-state index in [4.69, 9.17) is 0 Å². The van der Waals surface area contributed by atoms with Gasteiger partial charge in [0.1, 0.15) is 5.57 Å². The molecule has 1 heterocycles. The highest BCUT2D eigenvalue weighted by Crippen LogP contribution is 2.36. The number of nitrogens with one attached hydrogen (secondary N) is 2. The van der Waals surface area contributed by atoms with Crippen molar-refractivity contribution in [3.05, 3.63) is 41.0 Å². The summed E-state index contributed by atoms with van der Waals surface area (Å²) in [4.78, 5) is 34.3. The monoisotopic (exact) mass is 270 g/mol. The molecule has 4 amide bonds. The van der Waals surface area contributed by atoms with Crippen LogP contribution in [-0.2, 0) is 9.59 Å². The Labute approximate surface area is 116 Å². The summed E-state index contributed by atoms with van der Waals surface area (Å²) in [5, 5.41) is 4.12. The molecule has 2 aliphatic rings. The molecule has 5 nitrogen and oxygen atoms in total. The van der Waals surface area contributed by atoms with Crippen molar-refractivity contribution in [1.29, 1.82) is 0 Å². The van der Waals surface area contributed by atoms with Gasteiger partial charge in [-0.15, -0.1) is 0 Å². The van der Waals surface area contributed by atoms with Gasteiger partial charge in [-0.05, 0) is 36.0 Å². The minimum atomic E-state index is -0.777. The van der Waals surface area contributed by atoms with Crippen molar-refractivity contribution in [3.8, 4) is 0 Å². The van der Waals surface area contributed by atoms with Gasteiger partial charge in [-0.25, -0.2) is 4.79 Å². The third kappa shape index (κ3) is 2.34. The predicted molar refractivity (Wildman–Crippen MR) is 72.7 cm³/mol. The van der Waals surface area contributed by atoms with Gasteiger partial charge in [0.25, 0.3) is 11.8 Å². The topological polar surface area (TPSA) is 75.3 Å². The molecule has 0 aromatic heterocycles. The number of imide groups is 2. The van der Waals surface area contributed by atoms with Gasteiger partial charge in [-0.3, -0.25) is 20.2 Å². The second-order valence-electron chi connectivity index (χ2n) is 5.09. The summed E-state index contributed by atoms with van der Waals surface area (Å²) < 4.78 is 0. The van der Waals surface area contributed by atoms with E-state index in [0.717, 1.165) is 5.56 Å². The Morgan fingerprint density at radius 3 is 2.35 bits per heavy atom. The van der Waals surface area contributed by atoms with Crippen molar-refractivity contribution in [3.63, 3.8) is 0 Å². The number of amides is 4. The second kappa shape index (κ2) is 4.92. The highest BCUT2D eigenvalue weighted by molar-refractivity contribution is 6.31. The standard InChI is InChI=1S/C15H14N2O3/c18-13-12(14(19)17-15(20)16-13)8-9-3-1-6-11(7-9)10-4-2-5-10/h1,3,6-8,10H,2,4-5H2,(H2,16,17,18,19,20). The van der Waals surface area contributed by atoms with E-state index in [9.17, 15) is 14.4 Å². The largest absolute Gasteiger partial charge is 0.328 e. The van der Waals surface area contributed by atoms with Gasteiger partial charge in [0.2, 0.25) is 0 Å². The van der Waals surface area contributed by atoms with E-state index in [2.05, 4.69) is 16.7 Å². The van der Waals surface area contributed by atoms with Gasteiger partial charge in [-0.1, -0.05) is 30.7 Å². The van der Waals surface area contributed by atoms with Crippen LogP contribution in [0.5, 0.6) is 0 Å². The summed E-state index contributed by atoms with van der Waals surface area (Å²) in [5.41, 5.74) is 1.98. The molecule has 0 unspecified atom stereocenters. The number of urea groups is 1. The molecule has 2 fully saturated rings. The summed E-state index contributed by atoms with van der Waals surface area (Å²) in [6, 6.07) is 7.04. The zero-order valence-electron chi connectivity index (χ0n) is 10.8. The molecule has 2 N–H and O–H groups in total. The SMILES string of the molecule is O=C1NC(=O)C(=Cc2cccc(C3CCC3)c2)C(=O)N1. The second-order valence-corrected chi connectivity index (χ2v) is 5.09. The van der Waals surface area contributed by atoms with E-state index < -0.39 is 17.8 Å². The van der Waals surface area contributed by atoms with E-state index in [0.29, 0.717) is 5.92 Å². The molecule has 5 heteroatoms. The minimum absolute atomic E-state index is 0.0460. The number of barbiturate groups is 1. The van der Waals surface area contributed by atoms with Crippen LogP contribution in [-0.4, -0.2) is 17.8 Å². The number of rotatable bonds is 2. The molecule has 1 aromatic rings. The van der Waals surface area contributed by atoms with Gasteiger partial charge in [-0.2, -0.15) is 0 Å². The molecule has 0 radical (unpaired) electrons. The van der Waals surface area contributed by atoms with Crippen molar-refractivity contribution >= 4 is 23.9 Å². The van der Waals surface area contributed by atoms with Crippen molar-refractivity contribution in [2.24, 2.45) is 0 Å². The molecule has 3 rings (SSSR count). The Morgan fingerprint density at radius 1 is 1.05 bits per heavy atom. The first-order chi connectivity index (χ1) is 9.63. The minimum Gasteiger partial charge on any atom is -0.273 e. The highest BCUT2D eigenvalue weighted by Gasteiger charge is 2.27. The van der Waals surface area contributed by atoms with Gasteiger partial charge >= 0.3 is 6.03 Å². The average Bonchev–Trinajstić information content (AvgIpc) is 2.32. The van der Waals surface area contributed by atoms with Crippen LogP contribution in [0.4, 0.5) is 4.79 Å². The van der Waals surface area contributed by atoms with Crippen LogP contribution in [0.25, 0.3) is 6.08 Å². The van der Waals surface area contributed by atoms with E-state index in [1.165, 1.54) is 30.9 Å². The number of benzene rings is 1. The van der Waals surface area contributed by atoms with Gasteiger partial charge in [0.15, 0.2) is 0 Å². The van der Waals surface area contributed by atoms with Crippen LogP contribution in [0.2, 0.25) is 0 Å². The van der Waals surface area contributed by atoms with Crippen molar-refractivity contribution in [2.45, 2.75) is 25.2 Å². The Kier molecular flexibility index (Phi) is 3.10. The third-order valence-electron chi connectivity index (χ3n) is 3.74. The van der Waals surface area contributed by atoms with E-state index in [1.807, 2.05) is 18.2 Å². The molecule has 0 bridgehead atoms. The fourth-order valence-electron chi connectivity index (χ4n) is 2.42. The van der Waals surface area contributed by atoms with Crippen LogP contribution >= 0.6 is 0 Å². The molecule has 1 saturated carbocycles. The molecule has 1 aromatic carbocycles. The molecular formula is C15H14N2O3. The summed E-state index contributed by atoms with van der Waals surface area (Å²) >= 11 is 0. The lowest BCUT2D eigenvalue weighted by Gasteiger charge is -2.26. The molecule has 1 aliphatic carbocycles. The number of carbonyl (C=O) groups is 3. The third-order valence-corrected chi connectivity index (χ3v) is 3.74. The fourth-order valence-corrected chi connectivity index (χ4v) is 2.42. The van der Waals surface area contributed by atoms with E-state index in [1.54, 1.807) is 0 Å². The predicted octanol–water partition coefficient (Wildman–Crippen LogP) is 1.70. The zero-order chi connectivity index (χ0) is 14.1. The first-order valence-electron chi connectivity index (χ1n) is 6.62. The molecule has 20 heavy (non-hydrogen) atoms. The maximum absolute atomic E-state index is 11.6. The van der Waals surface area contributed by atoms with E-state index in [-0.39, 0.29) is 5.57 Å². The quantitative estimate of drug-likeness (QED) is 0.634. The Bertz CT molecular complexity index is 608. The molecule has 0 atom stereocenters. The molecule has 102 valence electrons. The number of hydrogen-bond acceptors (Lipinski definition) is 3. The molecule has 1 aliphatic heterocycles. The van der Waals surface area contributed by atoms with Crippen LogP contribution in [0, 0.1) is 0 Å². The fraction of sp³-hybridized carbons (Fsp3) is 0.267. The maximum atomic E-state index is 11.6. The Hall–Kier alpha value is -2.43. The van der Waals surface area contributed by atoms with Crippen molar-refractivity contribution < 1.29 is 14.4 Å². The van der Waals surface area contributed by atoms with E-state index >= 15 is 0 Å². The first kappa shape index (κ1) is 12.6. The van der Waals surface area contributed by atoms with Crippen LogP contribution < -0.4 is 10.6 Å². The van der Waals surface area contributed by atoms with Gasteiger partial charge < -0.3 is 0 Å². The molecule has 1 saturated heterocycles. The Morgan fingerprint density at radius 2 is 1.75 bits per heavy atom. The lowest BCUT2D eigenvalue weighted by molar-refractivity contribution is -0.123.